The van der Waals surface area contributed by atoms with Crippen molar-refractivity contribution in [2.24, 2.45) is 0 Å². The fourth-order valence-corrected chi connectivity index (χ4v) is 3.28. The molecule has 0 aliphatic rings. The molecule has 0 saturated carbocycles. The molecule has 1 N–H and O–H groups in total. The van der Waals surface area contributed by atoms with Crippen molar-refractivity contribution in [3.63, 3.8) is 0 Å². The lowest BCUT2D eigenvalue weighted by atomic mass is 10.0. The first-order valence-corrected chi connectivity index (χ1v) is 9.60. The van der Waals surface area contributed by atoms with Gasteiger partial charge in [0.05, 0.1) is 10.6 Å². The van der Waals surface area contributed by atoms with Gasteiger partial charge < -0.3 is 0 Å². The van der Waals surface area contributed by atoms with Gasteiger partial charge in [-0.25, -0.2) is 4.98 Å². The molecule has 0 radical (unpaired) electrons. The summed E-state index contributed by atoms with van der Waals surface area (Å²) in [5, 5.41) is 15.8. The molecule has 3 aromatic rings. The number of nitro benzene ring substituents is 1. The highest BCUT2D eigenvalue weighted by Crippen LogP contribution is 2.27. The van der Waals surface area contributed by atoms with E-state index < -0.39 is 4.92 Å². The summed E-state index contributed by atoms with van der Waals surface area (Å²) in [5.41, 5.74) is 3.40. The Labute approximate surface area is 166 Å². The van der Waals surface area contributed by atoms with E-state index in [1.54, 1.807) is 23.6 Å². The average molecular weight is 393 g/mol. The van der Waals surface area contributed by atoms with Crippen molar-refractivity contribution in [3.8, 4) is 11.3 Å². The number of rotatable bonds is 6. The van der Waals surface area contributed by atoms with Crippen LogP contribution in [0.15, 0.2) is 60.0 Å². The van der Waals surface area contributed by atoms with Crippen LogP contribution in [0.5, 0.6) is 0 Å². The van der Waals surface area contributed by atoms with E-state index in [1.165, 1.54) is 35.1 Å². The van der Waals surface area contributed by atoms with Gasteiger partial charge in [-0.2, -0.15) is 0 Å². The van der Waals surface area contributed by atoms with Crippen LogP contribution in [-0.4, -0.2) is 15.8 Å². The first-order chi connectivity index (χ1) is 13.4. The normalized spacial score (nSPS) is 11.1. The highest BCUT2D eigenvalue weighted by Gasteiger charge is 2.10. The van der Waals surface area contributed by atoms with Gasteiger partial charge in [0.1, 0.15) is 0 Å². The van der Waals surface area contributed by atoms with Crippen molar-refractivity contribution >= 4 is 34.1 Å². The van der Waals surface area contributed by atoms with Crippen molar-refractivity contribution in [1.29, 1.82) is 0 Å². The third kappa shape index (κ3) is 4.89. The van der Waals surface area contributed by atoms with Crippen molar-refractivity contribution in [3.05, 3.63) is 81.2 Å². The van der Waals surface area contributed by atoms with Crippen LogP contribution in [0.25, 0.3) is 17.3 Å². The highest BCUT2D eigenvalue weighted by atomic mass is 32.1. The maximum Gasteiger partial charge on any atom is 0.270 e. The maximum absolute atomic E-state index is 12.1. The van der Waals surface area contributed by atoms with Crippen molar-refractivity contribution < 1.29 is 9.72 Å². The number of hydrogen-bond donors (Lipinski definition) is 1. The van der Waals surface area contributed by atoms with Crippen LogP contribution >= 0.6 is 11.3 Å². The lowest BCUT2D eigenvalue weighted by Crippen LogP contribution is -2.07. The zero-order valence-electron chi connectivity index (χ0n) is 15.5. The minimum Gasteiger partial charge on any atom is -0.298 e. The Balaban J connectivity index is 1.65. The molecule has 1 aromatic heterocycles. The van der Waals surface area contributed by atoms with Crippen LogP contribution in [0.4, 0.5) is 10.8 Å². The molecule has 2 aromatic carbocycles. The fraction of sp³-hybridized carbons (Fsp3) is 0.143. The summed E-state index contributed by atoms with van der Waals surface area (Å²) in [6.07, 6.45) is 3.20. The van der Waals surface area contributed by atoms with Crippen LogP contribution in [0.2, 0.25) is 0 Å². The minimum atomic E-state index is -0.447. The van der Waals surface area contributed by atoms with Crippen molar-refractivity contribution in [1.82, 2.24) is 4.98 Å². The molecule has 0 saturated heterocycles. The molecule has 0 fully saturated rings. The molecule has 6 nitrogen and oxygen atoms in total. The molecule has 1 amide bonds. The van der Waals surface area contributed by atoms with E-state index in [4.69, 9.17) is 0 Å². The van der Waals surface area contributed by atoms with Crippen LogP contribution in [0.1, 0.15) is 30.9 Å². The summed E-state index contributed by atoms with van der Waals surface area (Å²) in [4.78, 5) is 26.9. The van der Waals surface area contributed by atoms with E-state index in [-0.39, 0.29) is 11.6 Å². The SMILES string of the molecule is CC(C)c1ccc(/C=C/C(=O)Nc2nc(-c3cccc([N+](=O)[O-])c3)cs2)cc1. The third-order valence-electron chi connectivity index (χ3n) is 4.12. The van der Waals surface area contributed by atoms with Crippen LogP contribution in [-0.2, 0) is 4.79 Å². The summed E-state index contributed by atoms with van der Waals surface area (Å²) >= 11 is 1.27. The van der Waals surface area contributed by atoms with Gasteiger partial charge in [-0.15, -0.1) is 11.3 Å². The van der Waals surface area contributed by atoms with Gasteiger partial charge in [0, 0.05) is 29.2 Å². The second-order valence-electron chi connectivity index (χ2n) is 6.49. The van der Waals surface area contributed by atoms with E-state index in [9.17, 15) is 14.9 Å². The molecule has 0 aliphatic carbocycles. The van der Waals surface area contributed by atoms with Crippen molar-refractivity contribution in [2.75, 3.05) is 5.32 Å². The largest absolute Gasteiger partial charge is 0.298 e. The van der Waals surface area contributed by atoms with Crippen LogP contribution in [0, 0.1) is 10.1 Å². The maximum atomic E-state index is 12.1. The summed E-state index contributed by atoms with van der Waals surface area (Å²) in [6.45, 7) is 4.27. The number of carbonyl (C=O) groups excluding carboxylic acids is 1. The molecule has 28 heavy (non-hydrogen) atoms. The van der Waals surface area contributed by atoms with Gasteiger partial charge in [0.15, 0.2) is 5.13 Å². The Morgan fingerprint density at radius 2 is 1.96 bits per heavy atom. The molecule has 7 heteroatoms. The second kappa shape index (κ2) is 8.58. The first-order valence-electron chi connectivity index (χ1n) is 8.72. The van der Waals surface area contributed by atoms with Crippen LogP contribution in [0.3, 0.4) is 0 Å². The number of benzene rings is 2. The topological polar surface area (TPSA) is 85.1 Å². The number of nitrogens with zero attached hydrogens (tertiary/aromatic N) is 2. The third-order valence-corrected chi connectivity index (χ3v) is 4.88. The predicted octanol–water partition coefficient (Wildman–Crippen LogP) is 5.49. The van der Waals surface area contributed by atoms with E-state index in [0.29, 0.717) is 22.3 Å². The Morgan fingerprint density at radius 3 is 2.64 bits per heavy atom. The molecule has 0 atom stereocenters. The molecular formula is C21H19N3O3S. The van der Waals surface area contributed by atoms with Gasteiger partial charge in [0.25, 0.3) is 5.69 Å². The molecule has 3 rings (SSSR count). The number of nitrogens with one attached hydrogen (secondary N) is 1. The summed E-state index contributed by atoms with van der Waals surface area (Å²) in [5.74, 6) is 0.180. The number of amides is 1. The molecule has 1 heterocycles. The van der Waals surface area contributed by atoms with Gasteiger partial charge in [-0.3, -0.25) is 20.2 Å². The number of carbonyl (C=O) groups is 1. The lowest BCUT2D eigenvalue weighted by molar-refractivity contribution is -0.384. The van der Waals surface area contributed by atoms with E-state index in [2.05, 4.69) is 24.1 Å². The predicted molar refractivity (Wildman–Crippen MR) is 112 cm³/mol. The second-order valence-corrected chi connectivity index (χ2v) is 7.35. The number of thiazole rings is 1. The summed E-state index contributed by atoms with van der Waals surface area (Å²) in [7, 11) is 0. The van der Waals surface area contributed by atoms with Gasteiger partial charge in [-0.1, -0.05) is 50.2 Å². The standard InChI is InChI=1S/C21H19N3O3S/c1-14(2)16-9-6-15(7-10-16)8-11-20(25)23-21-22-19(13-28-21)17-4-3-5-18(12-17)24(26)27/h3-14H,1-2H3,(H,22,23,25)/b11-8+. The summed E-state index contributed by atoms with van der Waals surface area (Å²) in [6, 6.07) is 14.3. The molecule has 0 bridgehead atoms. The molecule has 142 valence electrons. The van der Waals surface area contributed by atoms with E-state index >= 15 is 0 Å². The molecule has 0 aliphatic heterocycles. The van der Waals surface area contributed by atoms with Gasteiger partial charge in [-0.05, 0) is 23.1 Å². The first kappa shape index (κ1) is 19.4. The van der Waals surface area contributed by atoms with Crippen LogP contribution < -0.4 is 5.32 Å². The number of anilines is 1. The highest BCUT2D eigenvalue weighted by molar-refractivity contribution is 7.14. The Hall–Kier alpha value is -3.32. The monoisotopic (exact) mass is 393 g/mol. The van der Waals surface area contributed by atoms with Gasteiger partial charge in [0.2, 0.25) is 5.91 Å². The number of non-ortho nitro benzene ring substituents is 1. The molecular weight excluding hydrogens is 374 g/mol. The molecule has 0 spiro atoms. The number of hydrogen-bond acceptors (Lipinski definition) is 5. The average Bonchev–Trinajstić information content (AvgIpc) is 3.15. The quantitative estimate of drug-likeness (QED) is 0.341. The number of nitro groups is 1. The smallest absolute Gasteiger partial charge is 0.270 e. The van der Waals surface area contributed by atoms with Gasteiger partial charge >= 0.3 is 0 Å². The Morgan fingerprint density at radius 1 is 1.21 bits per heavy atom. The molecule has 0 unspecified atom stereocenters. The minimum absolute atomic E-state index is 0.00232. The fourth-order valence-electron chi connectivity index (χ4n) is 2.55. The zero-order chi connectivity index (χ0) is 20.1. The Kier molecular flexibility index (Phi) is 5.96. The zero-order valence-corrected chi connectivity index (χ0v) is 16.3. The van der Waals surface area contributed by atoms with Crippen molar-refractivity contribution in [2.45, 2.75) is 19.8 Å². The van der Waals surface area contributed by atoms with E-state index in [1.807, 2.05) is 24.3 Å². The summed E-state index contributed by atoms with van der Waals surface area (Å²) < 4.78 is 0. The van der Waals surface area contributed by atoms with E-state index in [0.717, 1.165) is 5.56 Å². The Bertz CT molecular complexity index is 1020. The number of aromatic nitrogens is 1. The lowest BCUT2D eigenvalue weighted by Gasteiger charge is -2.04.